The van der Waals surface area contributed by atoms with Crippen LogP contribution in [-0.2, 0) is 0 Å². The van der Waals surface area contributed by atoms with Crippen LogP contribution in [0.15, 0.2) is 29.4 Å². The van der Waals surface area contributed by atoms with Gasteiger partial charge in [0.1, 0.15) is 0 Å². The summed E-state index contributed by atoms with van der Waals surface area (Å²) in [5.74, 6) is -0.0708. The van der Waals surface area contributed by atoms with Gasteiger partial charge in [0.15, 0.2) is 16.3 Å². The first kappa shape index (κ1) is 18.0. The third-order valence-corrected chi connectivity index (χ3v) is 5.69. The number of nitrogens with zero attached hydrogens (tertiary/aromatic N) is 3. The predicted molar refractivity (Wildman–Crippen MR) is 95.5 cm³/mol. The van der Waals surface area contributed by atoms with Crippen molar-refractivity contribution in [3.8, 4) is 17.2 Å². The lowest BCUT2D eigenvalue weighted by Crippen LogP contribution is -2.37. The van der Waals surface area contributed by atoms with E-state index < -0.39 is 6.29 Å². The highest BCUT2D eigenvalue weighted by Gasteiger charge is 2.43. The summed E-state index contributed by atoms with van der Waals surface area (Å²) in [4.78, 5) is 20.2. The van der Waals surface area contributed by atoms with E-state index in [2.05, 4.69) is 14.5 Å². The van der Waals surface area contributed by atoms with E-state index in [-0.39, 0.29) is 29.6 Å². The Kier molecular flexibility index (Phi) is 4.21. The summed E-state index contributed by atoms with van der Waals surface area (Å²) in [6, 6.07) is 4.52. The maximum absolute atomic E-state index is 13.3. The van der Waals surface area contributed by atoms with E-state index in [1.165, 1.54) is 23.5 Å². The van der Waals surface area contributed by atoms with Crippen molar-refractivity contribution in [2.45, 2.75) is 52.0 Å². The standard InChI is InChI=1S/C18H19F2N3O3S/c1-10-4-5-11(2)23(10)16(24)21-17-22(9-12(3)27-17)13-6-7-14-15(8-13)26-18(19,20)25-14/h6-11H,4-5H2,1-3H3. The lowest BCUT2D eigenvalue weighted by atomic mass is 10.2. The number of hydrogen-bond donors (Lipinski definition) is 0. The lowest BCUT2D eigenvalue weighted by molar-refractivity contribution is -0.286. The van der Waals surface area contributed by atoms with Crippen molar-refractivity contribution >= 4 is 17.4 Å². The van der Waals surface area contributed by atoms with Crippen molar-refractivity contribution < 1.29 is 23.0 Å². The van der Waals surface area contributed by atoms with Crippen molar-refractivity contribution in [3.05, 3.63) is 34.1 Å². The smallest absolute Gasteiger partial charge is 0.395 e. The van der Waals surface area contributed by atoms with E-state index in [1.807, 2.05) is 27.0 Å². The first-order valence-electron chi connectivity index (χ1n) is 8.70. The minimum absolute atomic E-state index is 0.0226. The van der Waals surface area contributed by atoms with Gasteiger partial charge in [0.05, 0.1) is 5.69 Å². The van der Waals surface area contributed by atoms with Crippen molar-refractivity contribution in [1.82, 2.24) is 9.47 Å². The van der Waals surface area contributed by atoms with Crippen LogP contribution in [0.25, 0.3) is 5.69 Å². The monoisotopic (exact) mass is 395 g/mol. The third-order valence-electron chi connectivity index (χ3n) is 4.80. The van der Waals surface area contributed by atoms with Gasteiger partial charge < -0.3 is 14.4 Å². The summed E-state index contributed by atoms with van der Waals surface area (Å²) >= 11 is 1.36. The Morgan fingerprint density at radius 1 is 1.22 bits per heavy atom. The van der Waals surface area contributed by atoms with Crippen LogP contribution in [0.2, 0.25) is 0 Å². The molecule has 2 unspecified atom stereocenters. The zero-order valence-electron chi connectivity index (χ0n) is 15.1. The second-order valence-corrected chi connectivity index (χ2v) is 8.08. The Balaban J connectivity index is 1.71. The Bertz CT molecular complexity index is 959. The van der Waals surface area contributed by atoms with Gasteiger partial charge in [-0.2, -0.15) is 4.99 Å². The number of halogens is 2. The number of fused-ring (bicyclic) bond motifs is 1. The van der Waals surface area contributed by atoms with E-state index in [0.717, 1.165) is 17.7 Å². The molecule has 2 aliphatic rings. The number of hydrogen-bond acceptors (Lipinski definition) is 4. The van der Waals surface area contributed by atoms with Crippen molar-refractivity contribution in [2.75, 3.05) is 0 Å². The summed E-state index contributed by atoms with van der Waals surface area (Å²) in [6.45, 7) is 5.93. The zero-order chi connectivity index (χ0) is 19.3. The van der Waals surface area contributed by atoms with Gasteiger partial charge in [-0.15, -0.1) is 20.1 Å². The second kappa shape index (κ2) is 6.33. The van der Waals surface area contributed by atoms with Gasteiger partial charge in [-0.1, -0.05) is 0 Å². The summed E-state index contributed by atoms with van der Waals surface area (Å²) in [5, 5.41) is 0. The highest BCUT2D eigenvalue weighted by molar-refractivity contribution is 7.09. The number of likely N-dealkylation sites (tertiary alicyclic amines) is 1. The maximum atomic E-state index is 13.3. The van der Waals surface area contributed by atoms with Crippen molar-refractivity contribution in [1.29, 1.82) is 0 Å². The van der Waals surface area contributed by atoms with Crippen LogP contribution in [-0.4, -0.2) is 33.9 Å². The molecule has 1 aromatic carbocycles. The van der Waals surface area contributed by atoms with E-state index in [1.54, 1.807) is 15.5 Å². The number of ether oxygens (including phenoxy) is 2. The van der Waals surface area contributed by atoms with Crippen molar-refractivity contribution in [2.24, 2.45) is 4.99 Å². The van der Waals surface area contributed by atoms with Crippen LogP contribution in [0.4, 0.5) is 13.6 Å². The van der Waals surface area contributed by atoms with Gasteiger partial charge in [-0.3, -0.25) is 4.57 Å². The van der Waals surface area contributed by atoms with E-state index in [4.69, 9.17) is 0 Å². The van der Waals surface area contributed by atoms with Crippen LogP contribution in [0, 0.1) is 6.92 Å². The number of urea groups is 1. The first-order valence-corrected chi connectivity index (χ1v) is 9.51. The average Bonchev–Trinajstić information content (AvgIpc) is 3.20. The molecule has 0 spiro atoms. The molecule has 2 aliphatic heterocycles. The molecular formula is C18H19F2N3O3S. The number of carbonyl (C=O) groups is 1. The minimum atomic E-state index is -3.67. The molecule has 9 heteroatoms. The molecule has 2 aromatic rings. The van der Waals surface area contributed by atoms with Gasteiger partial charge in [-0.05, 0) is 45.7 Å². The Morgan fingerprint density at radius 2 is 1.89 bits per heavy atom. The Morgan fingerprint density at radius 3 is 2.59 bits per heavy atom. The van der Waals surface area contributed by atoms with Gasteiger partial charge in [0.2, 0.25) is 0 Å². The molecule has 0 N–H and O–H groups in total. The molecule has 0 radical (unpaired) electrons. The average molecular weight is 395 g/mol. The molecule has 1 aromatic heterocycles. The van der Waals surface area contributed by atoms with Crippen LogP contribution in [0.3, 0.4) is 0 Å². The quantitative estimate of drug-likeness (QED) is 0.732. The SMILES string of the molecule is Cc1cn(-c2ccc3c(c2)OC(F)(F)O3)c(=NC(=O)N2C(C)CCC2C)s1. The summed E-state index contributed by atoms with van der Waals surface area (Å²) < 4.78 is 37.2. The topological polar surface area (TPSA) is 56.1 Å². The molecule has 2 atom stereocenters. The van der Waals surface area contributed by atoms with Gasteiger partial charge in [0, 0.05) is 29.2 Å². The lowest BCUT2D eigenvalue weighted by Gasteiger charge is -2.23. The number of benzene rings is 1. The van der Waals surface area contributed by atoms with Gasteiger partial charge >= 0.3 is 12.3 Å². The molecule has 1 fully saturated rings. The molecule has 3 heterocycles. The number of thiazole rings is 1. The van der Waals surface area contributed by atoms with Crippen LogP contribution < -0.4 is 14.3 Å². The largest absolute Gasteiger partial charge is 0.586 e. The van der Waals surface area contributed by atoms with Crippen LogP contribution in [0.1, 0.15) is 31.6 Å². The van der Waals surface area contributed by atoms with E-state index in [0.29, 0.717) is 10.5 Å². The molecule has 1 saturated heterocycles. The molecule has 0 bridgehead atoms. The number of aromatic nitrogens is 1. The van der Waals surface area contributed by atoms with Crippen LogP contribution in [0.5, 0.6) is 11.5 Å². The van der Waals surface area contributed by atoms with Gasteiger partial charge in [-0.25, -0.2) is 4.79 Å². The molecule has 2 amide bonds. The second-order valence-electron chi connectivity index (χ2n) is 6.87. The van der Waals surface area contributed by atoms with E-state index >= 15 is 0 Å². The highest BCUT2D eigenvalue weighted by atomic mass is 32.1. The third kappa shape index (κ3) is 3.31. The number of aryl methyl sites for hydroxylation is 1. The normalized spacial score (nSPS) is 23.9. The predicted octanol–water partition coefficient (Wildman–Crippen LogP) is 4.06. The fourth-order valence-electron chi connectivity index (χ4n) is 3.52. The molecular weight excluding hydrogens is 376 g/mol. The number of amides is 2. The molecule has 0 aliphatic carbocycles. The minimum Gasteiger partial charge on any atom is -0.395 e. The number of carbonyl (C=O) groups excluding carboxylic acids is 1. The number of alkyl halides is 2. The Hall–Kier alpha value is -2.42. The Labute approximate surface area is 158 Å². The number of rotatable bonds is 1. The molecule has 6 nitrogen and oxygen atoms in total. The molecule has 0 saturated carbocycles. The fourth-order valence-corrected chi connectivity index (χ4v) is 4.34. The van der Waals surface area contributed by atoms with Gasteiger partial charge in [0.25, 0.3) is 0 Å². The first-order chi connectivity index (χ1) is 12.7. The summed E-state index contributed by atoms with van der Waals surface area (Å²) in [7, 11) is 0. The molecule has 144 valence electrons. The molecule has 4 rings (SSSR count). The highest BCUT2D eigenvalue weighted by Crippen LogP contribution is 2.41. The summed E-state index contributed by atoms with van der Waals surface area (Å²) in [6.07, 6.45) is 0.0647. The van der Waals surface area contributed by atoms with Crippen molar-refractivity contribution in [3.63, 3.8) is 0 Å². The summed E-state index contributed by atoms with van der Waals surface area (Å²) in [5.41, 5.74) is 0.563. The fraction of sp³-hybridized carbons (Fsp3) is 0.444. The van der Waals surface area contributed by atoms with E-state index in [9.17, 15) is 13.6 Å². The molecule has 27 heavy (non-hydrogen) atoms. The van der Waals surface area contributed by atoms with Crippen LogP contribution >= 0.6 is 11.3 Å². The zero-order valence-corrected chi connectivity index (χ0v) is 15.9. The maximum Gasteiger partial charge on any atom is 0.586 e.